The second-order valence-electron chi connectivity index (χ2n) is 6.04. The van der Waals surface area contributed by atoms with Crippen molar-refractivity contribution in [1.82, 2.24) is 4.90 Å². The van der Waals surface area contributed by atoms with E-state index in [1.807, 2.05) is 6.92 Å². The number of hydrogen-bond acceptors (Lipinski definition) is 1. The molecule has 18 heavy (non-hydrogen) atoms. The van der Waals surface area contributed by atoms with Gasteiger partial charge in [-0.15, -0.1) is 11.6 Å². The topological polar surface area (TPSA) is 20.3 Å². The Bertz CT molecular complexity index is 253. The Morgan fingerprint density at radius 1 is 1.28 bits per heavy atom. The van der Waals surface area contributed by atoms with Crippen LogP contribution in [0.1, 0.15) is 65.7 Å². The molecule has 2 unspecified atom stereocenters. The van der Waals surface area contributed by atoms with Gasteiger partial charge in [-0.3, -0.25) is 4.79 Å². The van der Waals surface area contributed by atoms with Crippen molar-refractivity contribution < 1.29 is 4.79 Å². The molecule has 1 amide bonds. The van der Waals surface area contributed by atoms with Crippen LogP contribution in [-0.2, 0) is 4.79 Å². The maximum atomic E-state index is 12.3. The molecule has 3 heteroatoms. The van der Waals surface area contributed by atoms with Crippen LogP contribution in [0, 0.1) is 5.92 Å². The molecule has 0 spiro atoms. The summed E-state index contributed by atoms with van der Waals surface area (Å²) in [5.41, 5.74) is 0. The summed E-state index contributed by atoms with van der Waals surface area (Å²) >= 11 is 6.12. The number of nitrogens with zero attached hydrogens (tertiary/aromatic N) is 1. The summed E-state index contributed by atoms with van der Waals surface area (Å²) in [5, 5.41) is 0.161. The Labute approximate surface area is 117 Å². The van der Waals surface area contributed by atoms with Crippen molar-refractivity contribution >= 4 is 17.5 Å². The third kappa shape index (κ3) is 5.60. The molecule has 0 aromatic rings. The lowest BCUT2D eigenvalue weighted by Crippen LogP contribution is -2.41. The van der Waals surface area contributed by atoms with E-state index >= 15 is 0 Å². The first-order valence-electron chi connectivity index (χ1n) is 7.44. The van der Waals surface area contributed by atoms with Crippen molar-refractivity contribution in [2.24, 2.45) is 5.92 Å². The fraction of sp³-hybridized carbons (Fsp3) is 0.933. The van der Waals surface area contributed by atoms with Gasteiger partial charge in [-0.25, -0.2) is 0 Å². The van der Waals surface area contributed by atoms with Crippen LogP contribution in [0.25, 0.3) is 0 Å². The maximum Gasteiger partial charge on any atom is 0.222 e. The van der Waals surface area contributed by atoms with Crippen molar-refractivity contribution in [1.29, 1.82) is 0 Å². The molecule has 1 aliphatic heterocycles. The molecule has 2 nitrogen and oxygen atoms in total. The highest BCUT2D eigenvalue weighted by atomic mass is 35.5. The molecule has 106 valence electrons. The van der Waals surface area contributed by atoms with Crippen molar-refractivity contribution in [3.05, 3.63) is 0 Å². The average Bonchev–Trinajstić information content (AvgIpc) is 2.50. The monoisotopic (exact) mass is 273 g/mol. The third-order valence-electron chi connectivity index (χ3n) is 3.73. The molecule has 0 aromatic heterocycles. The minimum absolute atomic E-state index is 0.161. The highest BCUT2D eigenvalue weighted by Gasteiger charge is 2.26. The molecule has 0 aliphatic carbocycles. The lowest BCUT2D eigenvalue weighted by atomic mass is 10.0. The van der Waals surface area contributed by atoms with Gasteiger partial charge < -0.3 is 4.90 Å². The van der Waals surface area contributed by atoms with Gasteiger partial charge in [-0.2, -0.15) is 0 Å². The van der Waals surface area contributed by atoms with E-state index < -0.39 is 0 Å². The van der Waals surface area contributed by atoms with Gasteiger partial charge in [-0.1, -0.05) is 26.7 Å². The molecule has 1 rings (SSSR count). The molecule has 0 aromatic carbocycles. The summed E-state index contributed by atoms with van der Waals surface area (Å²) in [4.78, 5) is 14.4. The largest absolute Gasteiger partial charge is 0.340 e. The number of hydrogen-bond donors (Lipinski definition) is 0. The number of carbonyl (C=O) groups excluding carboxylic acids is 1. The van der Waals surface area contributed by atoms with Crippen LogP contribution >= 0.6 is 11.6 Å². The zero-order valence-corrected chi connectivity index (χ0v) is 12.9. The second-order valence-corrected chi connectivity index (χ2v) is 6.78. The smallest absolute Gasteiger partial charge is 0.222 e. The van der Waals surface area contributed by atoms with Gasteiger partial charge in [0.2, 0.25) is 5.91 Å². The van der Waals surface area contributed by atoms with Crippen LogP contribution in [0.4, 0.5) is 0 Å². The number of likely N-dealkylation sites (tertiary alicyclic amines) is 1. The molecule has 1 saturated heterocycles. The summed E-state index contributed by atoms with van der Waals surface area (Å²) in [6, 6.07) is 0.375. The summed E-state index contributed by atoms with van der Waals surface area (Å²) in [7, 11) is 0. The Balaban J connectivity index is 2.57. The van der Waals surface area contributed by atoms with E-state index in [2.05, 4.69) is 18.7 Å². The molecule has 1 heterocycles. The minimum atomic E-state index is 0.161. The van der Waals surface area contributed by atoms with Crippen molar-refractivity contribution in [2.75, 3.05) is 6.54 Å². The van der Waals surface area contributed by atoms with Crippen molar-refractivity contribution in [3.63, 3.8) is 0 Å². The second kappa shape index (κ2) is 8.04. The summed E-state index contributed by atoms with van der Waals surface area (Å²) < 4.78 is 0. The van der Waals surface area contributed by atoms with Gasteiger partial charge in [0.05, 0.1) is 0 Å². The van der Waals surface area contributed by atoms with Gasteiger partial charge in [0.1, 0.15) is 0 Å². The number of amides is 1. The summed E-state index contributed by atoms with van der Waals surface area (Å²) in [6.07, 6.45) is 7.41. The van der Waals surface area contributed by atoms with Gasteiger partial charge in [-0.05, 0) is 38.5 Å². The molecule has 0 bridgehead atoms. The first-order chi connectivity index (χ1) is 8.50. The van der Waals surface area contributed by atoms with Crippen LogP contribution in [0.15, 0.2) is 0 Å². The lowest BCUT2D eigenvalue weighted by molar-refractivity contribution is -0.133. The first-order valence-corrected chi connectivity index (χ1v) is 7.88. The van der Waals surface area contributed by atoms with E-state index in [0.29, 0.717) is 24.3 Å². The molecule has 2 atom stereocenters. The standard InChI is InChI=1S/C15H28ClNO/c1-12(2)8-9-15(18)17-10-6-4-5-7-14(17)11-13(3)16/h12-14H,4-11H2,1-3H3. The van der Waals surface area contributed by atoms with E-state index in [1.165, 1.54) is 12.8 Å². The Morgan fingerprint density at radius 2 is 2.00 bits per heavy atom. The van der Waals surface area contributed by atoms with Crippen molar-refractivity contribution in [2.45, 2.75) is 77.1 Å². The fourth-order valence-electron chi connectivity index (χ4n) is 2.68. The van der Waals surface area contributed by atoms with Crippen LogP contribution in [-0.4, -0.2) is 28.8 Å². The number of rotatable bonds is 5. The molecular formula is C15H28ClNO. The molecule has 0 saturated carbocycles. The van der Waals surface area contributed by atoms with Crippen LogP contribution in [0.2, 0.25) is 0 Å². The van der Waals surface area contributed by atoms with E-state index in [9.17, 15) is 4.79 Å². The first kappa shape index (κ1) is 15.8. The maximum absolute atomic E-state index is 12.3. The summed E-state index contributed by atoms with van der Waals surface area (Å²) in [6.45, 7) is 7.32. The van der Waals surface area contributed by atoms with Gasteiger partial charge >= 0.3 is 0 Å². The summed E-state index contributed by atoms with van der Waals surface area (Å²) in [5.74, 6) is 0.944. The molecule has 1 fully saturated rings. The van der Waals surface area contributed by atoms with Gasteiger partial charge in [0.15, 0.2) is 0 Å². The highest BCUT2D eigenvalue weighted by Crippen LogP contribution is 2.23. The Kier molecular flexibility index (Phi) is 7.06. The molecular weight excluding hydrogens is 246 g/mol. The Hall–Kier alpha value is -0.240. The van der Waals surface area contributed by atoms with E-state index in [-0.39, 0.29) is 5.38 Å². The fourth-order valence-corrected chi connectivity index (χ4v) is 2.89. The molecule has 0 radical (unpaired) electrons. The van der Waals surface area contributed by atoms with E-state index in [0.717, 1.165) is 32.2 Å². The van der Waals surface area contributed by atoms with Crippen LogP contribution < -0.4 is 0 Å². The zero-order chi connectivity index (χ0) is 13.5. The van der Waals surface area contributed by atoms with Gasteiger partial charge in [0, 0.05) is 24.4 Å². The zero-order valence-electron chi connectivity index (χ0n) is 12.1. The highest BCUT2D eigenvalue weighted by molar-refractivity contribution is 6.20. The van der Waals surface area contributed by atoms with Crippen LogP contribution in [0.5, 0.6) is 0 Å². The van der Waals surface area contributed by atoms with Gasteiger partial charge in [0.25, 0.3) is 0 Å². The number of carbonyl (C=O) groups is 1. The normalized spacial score (nSPS) is 22.9. The predicted octanol–water partition coefficient (Wildman–Crippen LogP) is 4.21. The minimum Gasteiger partial charge on any atom is -0.340 e. The molecule has 1 aliphatic rings. The van der Waals surface area contributed by atoms with Crippen LogP contribution in [0.3, 0.4) is 0 Å². The number of alkyl halides is 1. The third-order valence-corrected chi connectivity index (χ3v) is 3.91. The SMILES string of the molecule is CC(C)CCC(=O)N1CCCCCC1CC(C)Cl. The van der Waals surface area contributed by atoms with E-state index in [1.54, 1.807) is 0 Å². The predicted molar refractivity (Wildman–Crippen MR) is 78.0 cm³/mol. The van der Waals surface area contributed by atoms with Crippen molar-refractivity contribution in [3.8, 4) is 0 Å². The molecule has 0 N–H and O–H groups in total. The lowest BCUT2D eigenvalue weighted by Gasteiger charge is -2.31. The quantitative estimate of drug-likeness (QED) is 0.687. The average molecular weight is 274 g/mol. The van der Waals surface area contributed by atoms with E-state index in [4.69, 9.17) is 11.6 Å². The number of halogens is 1. The Morgan fingerprint density at radius 3 is 2.61 bits per heavy atom.